The molecule has 1 aliphatic rings. The standard InChI is InChI=1S/C21H45N3O3/c1-4-13-25-16-7-10-22-19-23(11-8-17-26-14-5-2)21-24(20-22)12-9-18-27-15-6-3/h4-21H2,1-3H3. The van der Waals surface area contributed by atoms with Crippen molar-refractivity contribution in [3.63, 3.8) is 0 Å². The van der Waals surface area contributed by atoms with Crippen molar-refractivity contribution in [3.05, 3.63) is 0 Å². The Bertz CT molecular complexity index is 267. The van der Waals surface area contributed by atoms with Gasteiger partial charge in [0.2, 0.25) is 0 Å². The average Bonchev–Trinajstić information content (AvgIpc) is 2.67. The Kier molecular flexibility index (Phi) is 16.4. The van der Waals surface area contributed by atoms with Gasteiger partial charge in [-0.1, -0.05) is 20.8 Å². The molecule has 0 aromatic rings. The molecule has 0 aromatic carbocycles. The molecule has 0 radical (unpaired) electrons. The Morgan fingerprint density at radius 2 is 0.778 bits per heavy atom. The summed E-state index contributed by atoms with van der Waals surface area (Å²) >= 11 is 0. The molecule has 0 aliphatic carbocycles. The molecule has 0 N–H and O–H groups in total. The zero-order valence-corrected chi connectivity index (χ0v) is 18.3. The van der Waals surface area contributed by atoms with E-state index in [2.05, 4.69) is 35.5 Å². The first kappa shape index (κ1) is 24.8. The molecule has 0 spiro atoms. The molecule has 0 atom stereocenters. The number of hydrogen-bond acceptors (Lipinski definition) is 6. The van der Waals surface area contributed by atoms with Gasteiger partial charge in [0.1, 0.15) is 0 Å². The van der Waals surface area contributed by atoms with Crippen LogP contribution in [-0.2, 0) is 14.2 Å². The van der Waals surface area contributed by atoms with Gasteiger partial charge in [0.15, 0.2) is 0 Å². The smallest absolute Gasteiger partial charge is 0.0530 e. The van der Waals surface area contributed by atoms with Crippen LogP contribution in [0.1, 0.15) is 59.3 Å². The van der Waals surface area contributed by atoms with Crippen LogP contribution in [0.15, 0.2) is 0 Å². The molecular formula is C21H45N3O3. The monoisotopic (exact) mass is 387 g/mol. The van der Waals surface area contributed by atoms with Gasteiger partial charge >= 0.3 is 0 Å². The summed E-state index contributed by atoms with van der Waals surface area (Å²) in [5, 5.41) is 0. The van der Waals surface area contributed by atoms with Crippen LogP contribution in [0.2, 0.25) is 0 Å². The minimum atomic E-state index is 0.875. The maximum absolute atomic E-state index is 5.65. The molecule has 0 unspecified atom stereocenters. The van der Waals surface area contributed by atoms with Gasteiger partial charge in [-0.3, -0.25) is 14.7 Å². The highest BCUT2D eigenvalue weighted by molar-refractivity contribution is 4.70. The van der Waals surface area contributed by atoms with Gasteiger partial charge in [0.05, 0.1) is 20.0 Å². The largest absolute Gasteiger partial charge is 0.381 e. The van der Waals surface area contributed by atoms with Crippen molar-refractivity contribution in [2.75, 3.05) is 79.3 Å². The molecule has 1 fully saturated rings. The van der Waals surface area contributed by atoms with E-state index < -0.39 is 0 Å². The second-order valence-electron chi connectivity index (χ2n) is 7.51. The summed E-state index contributed by atoms with van der Waals surface area (Å²) in [6.07, 6.45) is 6.64. The Morgan fingerprint density at radius 3 is 1.04 bits per heavy atom. The number of nitrogens with zero attached hydrogens (tertiary/aromatic N) is 3. The molecule has 6 heteroatoms. The lowest BCUT2D eigenvalue weighted by molar-refractivity contribution is -0.0386. The molecular weight excluding hydrogens is 342 g/mol. The van der Waals surface area contributed by atoms with Crippen molar-refractivity contribution < 1.29 is 14.2 Å². The maximum Gasteiger partial charge on any atom is 0.0530 e. The predicted molar refractivity (Wildman–Crippen MR) is 112 cm³/mol. The first-order chi connectivity index (χ1) is 13.3. The van der Waals surface area contributed by atoms with Gasteiger partial charge in [0, 0.05) is 59.3 Å². The third-order valence-electron chi connectivity index (χ3n) is 4.53. The Morgan fingerprint density at radius 1 is 0.481 bits per heavy atom. The Hall–Kier alpha value is -0.240. The minimum absolute atomic E-state index is 0.875. The lowest BCUT2D eigenvalue weighted by Gasteiger charge is -2.42. The normalized spacial score (nSPS) is 17.0. The third-order valence-corrected chi connectivity index (χ3v) is 4.53. The first-order valence-corrected chi connectivity index (χ1v) is 11.2. The van der Waals surface area contributed by atoms with E-state index in [0.717, 1.165) is 118 Å². The van der Waals surface area contributed by atoms with E-state index in [9.17, 15) is 0 Å². The Labute approximate surface area is 168 Å². The fourth-order valence-corrected chi connectivity index (χ4v) is 3.32. The molecule has 0 saturated carbocycles. The van der Waals surface area contributed by atoms with Gasteiger partial charge in [-0.15, -0.1) is 0 Å². The molecule has 0 amide bonds. The highest BCUT2D eigenvalue weighted by Crippen LogP contribution is 2.10. The second-order valence-corrected chi connectivity index (χ2v) is 7.51. The van der Waals surface area contributed by atoms with E-state index in [1.807, 2.05) is 0 Å². The van der Waals surface area contributed by atoms with Gasteiger partial charge < -0.3 is 14.2 Å². The fraction of sp³-hybridized carbons (Fsp3) is 1.00. The van der Waals surface area contributed by atoms with Crippen LogP contribution in [0.25, 0.3) is 0 Å². The van der Waals surface area contributed by atoms with Crippen molar-refractivity contribution in [1.82, 2.24) is 14.7 Å². The third kappa shape index (κ3) is 13.6. The van der Waals surface area contributed by atoms with E-state index >= 15 is 0 Å². The molecule has 0 bridgehead atoms. The summed E-state index contributed by atoms with van der Waals surface area (Å²) in [6, 6.07) is 0. The van der Waals surface area contributed by atoms with Crippen molar-refractivity contribution in [2.45, 2.75) is 59.3 Å². The van der Waals surface area contributed by atoms with Crippen LogP contribution in [0, 0.1) is 0 Å². The van der Waals surface area contributed by atoms with Crippen LogP contribution in [0.5, 0.6) is 0 Å². The highest BCUT2D eigenvalue weighted by atomic mass is 16.5. The molecule has 27 heavy (non-hydrogen) atoms. The maximum atomic E-state index is 5.65. The quantitative estimate of drug-likeness (QED) is 0.336. The van der Waals surface area contributed by atoms with Crippen molar-refractivity contribution >= 4 is 0 Å². The Balaban J connectivity index is 2.31. The molecule has 1 heterocycles. The fourth-order valence-electron chi connectivity index (χ4n) is 3.32. The van der Waals surface area contributed by atoms with Crippen molar-refractivity contribution in [3.8, 4) is 0 Å². The van der Waals surface area contributed by atoms with Crippen molar-refractivity contribution in [1.29, 1.82) is 0 Å². The van der Waals surface area contributed by atoms with Gasteiger partial charge in [-0.2, -0.15) is 0 Å². The number of ether oxygens (including phenoxy) is 3. The summed E-state index contributed by atoms with van der Waals surface area (Å²) in [6.45, 7) is 18.3. The van der Waals surface area contributed by atoms with Crippen LogP contribution >= 0.6 is 0 Å². The van der Waals surface area contributed by atoms with Gasteiger partial charge in [0.25, 0.3) is 0 Å². The molecule has 0 aromatic heterocycles. The number of rotatable bonds is 18. The van der Waals surface area contributed by atoms with Crippen LogP contribution < -0.4 is 0 Å². The summed E-state index contributed by atoms with van der Waals surface area (Å²) in [5.74, 6) is 0. The molecule has 1 saturated heterocycles. The van der Waals surface area contributed by atoms with Gasteiger partial charge in [-0.05, 0) is 38.5 Å². The summed E-state index contributed by atoms with van der Waals surface area (Å²) in [7, 11) is 0. The zero-order valence-electron chi connectivity index (χ0n) is 18.3. The summed E-state index contributed by atoms with van der Waals surface area (Å²) in [4.78, 5) is 7.66. The first-order valence-electron chi connectivity index (χ1n) is 11.2. The zero-order chi connectivity index (χ0) is 19.6. The number of hydrogen-bond donors (Lipinski definition) is 0. The predicted octanol–water partition coefficient (Wildman–Crippen LogP) is 3.23. The van der Waals surface area contributed by atoms with Gasteiger partial charge in [-0.25, -0.2) is 0 Å². The molecule has 162 valence electrons. The van der Waals surface area contributed by atoms with Crippen LogP contribution in [-0.4, -0.2) is 94.0 Å². The second kappa shape index (κ2) is 17.8. The lowest BCUT2D eigenvalue weighted by Crippen LogP contribution is -2.55. The summed E-state index contributed by atoms with van der Waals surface area (Å²) in [5.41, 5.74) is 0. The van der Waals surface area contributed by atoms with E-state index in [0.29, 0.717) is 0 Å². The van der Waals surface area contributed by atoms with E-state index in [4.69, 9.17) is 14.2 Å². The lowest BCUT2D eigenvalue weighted by atomic mass is 10.3. The highest BCUT2D eigenvalue weighted by Gasteiger charge is 2.22. The molecule has 1 rings (SSSR count). The van der Waals surface area contributed by atoms with E-state index in [-0.39, 0.29) is 0 Å². The minimum Gasteiger partial charge on any atom is -0.381 e. The van der Waals surface area contributed by atoms with Crippen LogP contribution in [0.3, 0.4) is 0 Å². The molecule has 6 nitrogen and oxygen atoms in total. The average molecular weight is 388 g/mol. The van der Waals surface area contributed by atoms with E-state index in [1.165, 1.54) is 0 Å². The molecule has 1 aliphatic heterocycles. The van der Waals surface area contributed by atoms with Crippen molar-refractivity contribution in [2.24, 2.45) is 0 Å². The van der Waals surface area contributed by atoms with Crippen LogP contribution in [0.4, 0.5) is 0 Å². The van der Waals surface area contributed by atoms with E-state index in [1.54, 1.807) is 0 Å². The topological polar surface area (TPSA) is 37.4 Å². The SMILES string of the molecule is CCCOCCCN1CN(CCCOCCC)CN(CCCOCCC)C1. The summed E-state index contributed by atoms with van der Waals surface area (Å²) < 4.78 is 16.9.